The fourth-order valence-electron chi connectivity index (χ4n) is 1.76. The van der Waals surface area contributed by atoms with Crippen molar-refractivity contribution in [2.45, 2.75) is 13.3 Å². The maximum absolute atomic E-state index is 11.6. The maximum atomic E-state index is 11.6. The highest BCUT2D eigenvalue weighted by Crippen LogP contribution is 2.20. The molecule has 0 unspecified atom stereocenters. The molecule has 0 fully saturated rings. The van der Waals surface area contributed by atoms with Gasteiger partial charge in [-0.2, -0.15) is 0 Å². The molecule has 112 valence electrons. The molecule has 0 aliphatic carbocycles. The van der Waals surface area contributed by atoms with E-state index in [-0.39, 0.29) is 12.5 Å². The Morgan fingerprint density at radius 3 is 2.81 bits per heavy atom. The predicted octanol–water partition coefficient (Wildman–Crippen LogP) is 3.06. The van der Waals surface area contributed by atoms with Crippen molar-refractivity contribution in [2.24, 2.45) is 0 Å². The van der Waals surface area contributed by atoms with E-state index in [0.29, 0.717) is 34.6 Å². The van der Waals surface area contributed by atoms with Crippen molar-refractivity contribution in [1.82, 2.24) is 10.5 Å². The second kappa shape index (κ2) is 7.45. The summed E-state index contributed by atoms with van der Waals surface area (Å²) in [5.41, 5.74) is 0.987. The van der Waals surface area contributed by atoms with Crippen LogP contribution in [-0.2, 0) is 11.2 Å². The van der Waals surface area contributed by atoms with Gasteiger partial charge in [0, 0.05) is 16.1 Å². The normalized spacial score (nSPS) is 10.6. The summed E-state index contributed by atoms with van der Waals surface area (Å²) in [4.78, 5) is 11.6. The number of nitrogens with zero attached hydrogens (tertiary/aromatic N) is 1. The number of amides is 1. The summed E-state index contributed by atoms with van der Waals surface area (Å²) in [5.74, 6) is 0.890. The number of hydrogen-bond donors (Lipinski definition) is 2. The molecule has 2 aromatic rings. The molecule has 1 aromatic carbocycles. The van der Waals surface area contributed by atoms with Crippen molar-refractivity contribution < 1.29 is 9.32 Å². The van der Waals surface area contributed by atoms with Crippen molar-refractivity contribution in [1.29, 1.82) is 0 Å². The summed E-state index contributed by atoms with van der Waals surface area (Å²) in [7, 11) is 0. The molecule has 2 N–H and O–H groups in total. The van der Waals surface area contributed by atoms with E-state index >= 15 is 0 Å². The van der Waals surface area contributed by atoms with Crippen molar-refractivity contribution in [3.05, 3.63) is 45.6 Å². The summed E-state index contributed by atoms with van der Waals surface area (Å²) >= 11 is 11.9. The van der Waals surface area contributed by atoms with Gasteiger partial charge in [0.2, 0.25) is 5.91 Å². The van der Waals surface area contributed by atoms with Gasteiger partial charge >= 0.3 is 0 Å². The standard InChI is InChI=1S/C14H15Cl2N3O2/c1-9-6-13(19-21-9)18-14(20)8-17-5-4-10-2-3-11(15)7-12(10)16/h2-3,6-7,17H,4-5,8H2,1H3,(H,18,19,20). The maximum Gasteiger partial charge on any atom is 0.239 e. The van der Waals surface area contributed by atoms with Crippen LogP contribution < -0.4 is 10.6 Å². The second-order valence-electron chi connectivity index (χ2n) is 4.53. The molecule has 0 saturated carbocycles. The van der Waals surface area contributed by atoms with Crippen LogP contribution in [0, 0.1) is 6.92 Å². The van der Waals surface area contributed by atoms with Crippen LogP contribution in [0.1, 0.15) is 11.3 Å². The summed E-state index contributed by atoms with van der Waals surface area (Å²) in [6.07, 6.45) is 0.715. The van der Waals surface area contributed by atoms with Crippen LogP contribution in [0.5, 0.6) is 0 Å². The first-order valence-electron chi connectivity index (χ1n) is 6.42. The van der Waals surface area contributed by atoms with Gasteiger partial charge in [-0.05, 0) is 37.6 Å². The fraction of sp³-hybridized carbons (Fsp3) is 0.286. The Hall–Kier alpha value is -1.56. The summed E-state index contributed by atoms with van der Waals surface area (Å²) in [6.45, 7) is 2.58. The summed E-state index contributed by atoms with van der Waals surface area (Å²) in [5, 5.41) is 10.6. The minimum absolute atomic E-state index is 0.175. The van der Waals surface area contributed by atoms with Gasteiger partial charge in [-0.25, -0.2) is 0 Å². The van der Waals surface area contributed by atoms with Gasteiger partial charge in [0.1, 0.15) is 5.76 Å². The number of carbonyl (C=O) groups excluding carboxylic acids is 1. The van der Waals surface area contributed by atoms with E-state index in [1.165, 1.54) is 0 Å². The lowest BCUT2D eigenvalue weighted by molar-refractivity contribution is -0.115. The molecule has 1 aromatic heterocycles. The summed E-state index contributed by atoms with van der Waals surface area (Å²) < 4.78 is 4.86. The van der Waals surface area contributed by atoms with E-state index in [1.54, 1.807) is 25.1 Å². The Balaban J connectivity index is 1.70. The highest BCUT2D eigenvalue weighted by molar-refractivity contribution is 6.35. The zero-order valence-electron chi connectivity index (χ0n) is 11.5. The molecule has 0 bridgehead atoms. The third kappa shape index (κ3) is 5.04. The number of rotatable bonds is 6. The fourth-order valence-corrected chi connectivity index (χ4v) is 2.26. The Kier molecular flexibility index (Phi) is 5.61. The number of aryl methyl sites for hydroxylation is 1. The van der Waals surface area contributed by atoms with Gasteiger partial charge in [0.15, 0.2) is 5.82 Å². The molecular weight excluding hydrogens is 313 g/mol. The smallest absolute Gasteiger partial charge is 0.239 e. The first kappa shape index (κ1) is 15.8. The molecule has 0 aliphatic rings. The van der Waals surface area contributed by atoms with E-state index in [2.05, 4.69) is 15.8 Å². The van der Waals surface area contributed by atoms with E-state index in [0.717, 1.165) is 5.56 Å². The largest absolute Gasteiger partial charge is 0.360 e. The van der Waals surface area contributed by atoms with Crippen LogP contribution in [-0.4, -0.2) is 24.2 Å². The van der Waals surface area contributed by atoms with Gasteiger partial charge in [-0.1, -0.05) is 34.4 Å². The lowest BCUT2D eigenvalue weighted by Crippen LogP contribution is -2.29. The Morgan fingerprint density at radius 1 is 1.33 bits per heavy atom. The third-order valence-corrected chi connectivity index (χ3v) is 3.35. The lowest BCUT2D eigenvalue weighted by Gasteiger charge is -2.06. The van der Waals surface area contributed by atoms with E-state index in [1.807, 2.05) is 6.07 Å². The van der Waals surface area contributed by atoms with Crippen molar-refractivity contribution in [2.75, 3.05) is 18.4 Å². The van der Waals surface area contributed by atoms with Crippen molar-refractivity contribution >= 4 is 34.9 Å². The van der Waals surface area contributed by atoms with Crippen LogP contribution in [0.4, 0.5) is 5.82 Å². The minimum Gasteiger partial charge on any atom is -0.360 e. The first-order chi connectivity index (χ1) is 10.0. The van der Waals surface area contributed by atoms with Gasteiger partial charge in [0.25, 0.3) is 0 Å². The monoisotopic (exact) mass is 327 g/mol. The molecule has 21 heavy (non-hydrogen) atoms. The van der Waals surface area contributed by atoms with Crippen LogP contribution in [0.25, 0.3) is 0 Å². The Bertz CT molecular complexity index is 628. The highest BCUT2D eigenvalue weighted by Gasteiger charge is 2.06. The van der Waals surface area contributed by atoms with Crippen LogP contribution in [0.3, 0.4) is 0 Å². The van der Waals surface area contributed by atoms with Gasteiger partial charge < -0.3 is 15.2 Å². The van der Waals surface area contributed by atoms with Gasteiger partial charge in [-0.3, -0.25) is 4.79 Å². The first-order valence-corrected chi connectivity index (χ1v) is 7.18. The quantitative estimate of drug-likeness (QED) is 0.800. The molecule has 0 atom stereocenters. The second-order valence-corrected chi connectivity index (χ2v) is 5.38. The highest BCUT2D eigenvalue weighted by atomic mass is 35.5. The molecule has 0 radical (unpaired) electrons. The van der Waals surface area contributed by atoms with E-state index in [9.17, 15) is 4.79 Å². The topological polar surface area (TPSA) is 67.2 Å². The van der Waals surface area contributed by atoms with Crippen LogP contribution in [0.15, 0.2) is 28.8 Å². The molecular formula is C14H15Cl2N3O2. The number of anilines is 1. The number of hydrogen-bond acceptors (Lipinski definition) is 4. The molecule has 0 aliphatic heterocycles. The molecule has 7 heteroatoms. The molecule has 5 nitrogen and oxygen atoms in total. The van der Waals surface area contributed by atoms with Crippen molar-refractivity contribution in [3.8, 4) is 0 Å². The van der Waals surface area contributed by atoms with E-state index in [4.69, 9.17) is 27.7 Å². The number of nitrogens with one attached hydrogen (secondary N) is 2. The van der Waals surface area contributed by atoms with Crippen molar-refractivity contribution in [3.63, 3.8) is 0 Å². The molecule has 0 spiro atoms. The van der Waals surface area contributed by atoms with Gasteiger partial charge in [-0.15, -0.1) is 0 Å². The van der Waals surface area contributed by atoms with E-state index < -0.39 is 0 Å². The third-order valence-electron chi connectivity index (χ3n) is 2.77. The Morgan fingerprint density at radius 2 is 2.14 bits per heavy atom. The zero-order chi connectivity index (χ0) is 15.2. The van der Waals surface area contributed by atoms with Gasteiger partial charge in [0.05, 0.1) is 6.54 Å². The minimum atomic E-state index is -0.175. The zero-order valence-corrected chi connectivity index (χ0v) is 13.0. The molecule has 1 amide bonds. The van der Waals surface area contributed by atoms with Crippen LogP contribution in [0.2, 0.25) is 10.0 Å². The average molecular weight is 328 g/mol. The van der Waals surface area contributed by atoms with Crippen LogP contribution >= 0.6 is 23.2 Å². The number of benzene rings is 1. The SMILES string of the molecule is Cc1cc(NC(=O)CNCCc2ccc(Cl)cc2Cl)no1. The number of halogens is 2. The average Bonchev–Trinajstić information content (AvgIpc) is 2.82. The molecule has 2 rings (SSSR count). The Labute approximate surface area is 132 Å². The number of carbonyl (C=O) groups is 1. The lowest BCUT2D eigenvalue weighted by atomic mass is 10.1. The molecule has 1 heterocycles. The predicted molar refractivity (Wildman–Crippen MR) is 82.9 cm³/mol. The molecule has 0 saturated heterocycles. The summed E-state index contributed by atoms with van der Waals surface area (Å²) in [6, 6.07) is 7.04. The number of aromatic nitrogens is 1.